The van der Waals surface area contributed by atoms with Gasteiger partial charge in [0, 0.05) is 31.7 Å². The Balaban J connectivity index is 1.59. The van der Waals surface area contributed by atoms with Gasteiger partial charge in [-0.3, -0.25) is 15.1 Å². The van der Waals surface area contributed by atoms with E-state index in [1.165, 1.54) is 51.9 Å². The third-order valence-electron chi connectivity index (χ3n) is 5.60. The molecule has 2 saturated heterocycles. The highest BCUT2D eigenvalue weighted by molar-refractivity contribution is 5.13. The fraction of sp³-hybridized carbons (Fsp3) is 0.938. The molecule has 0 aromatic rings. The lowest BCUT2D eigenvalue weighted by Crippen LogP contribution is -2.57. The third kappa shape index (κ3) is 2.72. The molecule has 1 aliphatic carbocycles. The standard InChI is InChI=1S/C16H28N4/c1-2-18-16(13-17)7-6-14(11-16)20-10-9-19-8-4-3-5-15(19)12-20/h14-15,18H,2-12H2,1H3. The number of rotatable bonds is 3. The molecule has 0 radical (unpaired) electrons. The number of piperidine rings is 1. The zero-order valence-electron chi connectivity index (χ0n) is 12.8. The number of nitriles is 1. The van der Waals surface area contributed by atoms with Crippen molar-refractivity contribution in [1.29, 1.82) is 5.26 Å². The number of nitrogens with zero attached hydrogens (tertiary/aromatic N) is 3. The molecule has 3 rings (SSSR count). The van der Waals surface area contributed by atoms with E-state index in [-0.39, 0.29) is 5.54 Å². The van der Waals surface area contributed by atoms with E-state index in [9.17, 15) is 5.26 Å². The first kappa shape index (κ1) is 14.3. The Labute approximate surface area is 123 Å². The highest BCUT2D eigenvalue weighted by Gasteiger charge is 2.42. The van der Waals surface area contributed by atoms with Gasteiger partial charge >= 0.3 is 0 Å². The summed E-state index contributed by atoms with van der Waals surface area (Å²) in [5.74, 6) is 0. The van der Waals surface area contributed by atoms with Gasteiger partial charge in [0.25, 0.3) is 0 Å². The van der Waals surface area contributed by atoms with E-state index < -0.39 is 0 Å². The average molecular weight is 276 g/mol. The molecule has 2 heterocycles. The van der Waals surface area contributed by atoms with E-state index in [1.807, 2.05) is 0 Å². The Kier molecular flexibility index (Phi) is 4.30. The molecule has 1 N–H and O–H groups in total. The monoisotopic (exact) mass is 276 g/mol. The summed E-state index contributed by atoms with van der Waals surface area (Å²) < 4.78 is 0. The molecule has 0 spiro atoms. The van der Waals surface area contributed by atoms with Gasteiger partial charge in [-0.2, -0.15) is 5.26 Å². The summed E-state index contributed by atoms with van der Waals surface area (Å²) in [5.41, 5.74) is -0.247. The number of piperazine rings is 1. The molecule has 3 fully saturated rings. The minimum Gasteiger partial charge on any atom is -0.300 e. The van der Waals surface area contributed by atoms with Crippen LogP contribution in [0.1, 0.15) is 45.4 Å². The summed E-state index contributed by atoms with van der Waals surface area (Å²) in [7, 11) is 0. The van der Waals surface area contributed by atoms with E-state index in [0.29, 0.717) is 6.04 Å². The number of fused-ring (bicyclic) bond motifs is 1. The maximum atomic E-state index is 9.51. The van der Waals surface area contributed by atoms with Crippen molar-refractivity contribution in [1.82, 2.24) is 15.1 Å². The van der Waals surface area contributed by atoms with Gasteiger partial charge in [0.2, 0.25) is 0 Å². The summed E-state index contributed by atoms with van der Waals surface area (Å²) >= 11 is 0. The van der Waals surface area contributed by atoms with Crippen LogP contribution in [-0.4, -0.2) is 60.1 Å². The van der Waals surface area contributed by atoms with Gasteiger partial charge in [0.1, 0.15) is 5.54 Å². The topological polar surface area (TPSA) is 42.3 Å². The molecule has 0 aromatic heterocycles. The first-order valence-corrected chi connectivity index (χ1v) is 8.41. The van der Waals surface area contributed by atoms with Crippen molar-refractivity contribution in [3.8, 4) is 6.07 Å². The van der Waals surface area contributed by atoms with Gasteiger partial charge < -0.3 is 0 Å². The first-order valence-electron chi connectivity index (χ1n) is 8.41. The number of nitrogens with one attached hydrogen (secondary N) is 1. The summed E-state index contributed by atoms with van der Waals surface area (Å²) in [6, 6.07) is 3.96. The molecule has 4 nitrogen and oxygen atoms in total. The zero-order chi connectivity index (χ0) is 14.0. The van der Waals surface area contributed by atoms with Crippen LogP contribution < -0.4 is 5.32 Å². The van der Waals surface area contributed by atoms with Crippen molar-refractivity contribution in [3.63, 3.8) is 0 Å². The van der Waals surface area contributed by atoms with E-state index >= 15 is 0 Å². The molecule has 3 aliphatic rings. The second kappa shape index (κ2) is 6.01. The molecule has 112 valence electrons. The molecule has 4 heteroatoms. The van der Waals surface area contributed by atoms with Crippen LogP contribution in [0.5, 0.6) is 0 Å². The Bertz CT molecular complexity index is 377. The highest BCUT2D eigenvalue weighted by atomic mass is 15.3. The number of hydrogen-bond acceptors (Lipinski definition) is 4. The fourth-order valence-electron chi connectivity index (χ4n) is 4.48. The van der Waals surface area contributed by atoms with Crippen molar-refractivity contribution in [2.45, 2.75) is 63.1 Å². The van der Waals surface area contributed by atoms with Crippen molar-refractivity contribution in [2.75, 3.05) is 32.7 Å². The van der Waals surface area contributed by atoms with Gasteiger partial charge in [-0.1, -0.05) is 13.3 Å². The maximum Gasteiger partial charge on any atom is 0.108 e. The number of hydrogen-bond donors (Lipinski definition) is 1. The lowest BCUT2D eigenvalue weighted by atomic mass is 9.97. The second-order valence-corrected chi connectivity index (χ2v) is 6.80. The van der Waals surface area contributed by atoms with Crippen LogP contribution in [0.2, 0.25) is 0 Å². The Hall–Kier alpha value is -0.630. The predicted molar refractivity (Wildman–Crippen MR) is 80.4 cm³/mol. The van der Waals surface area contributed by atoms with Crippen LogP contribution in [0.25, 0.3) is 0 Å². The zero-order valence-corrected chi connectivity index (χ0v) is 12.8. The summed E-state index contributed by atoms with van der Waals surface area (Å²) in [4.78, 5) is 5.37. The summed E-state index contributed by atoms with van der Waals surface area (Å²) in [6.45, 7) is 7.99. The quantitative estimate of drug-likeness (QED) is 0.850. The van der Waals surface area contributed by atoms with Crippen LogP contribution in [0.4, 0.5) is 0 Å². The van der Waals surface area contributed by atoms with Gasteiger partial charge in [-0.25, -0.2) is 0 Å². The summed E-state index contributed by atoms with van der Waals surface area (Å²) in [5, 5.41) is 12.9. The molecule has 2 aliphatic heterocycles. The average Bonchev–Trinajstić information content (AvgIpc) is 2.92. The van der Waals surface area contributed by atoms with E-state index in [0.717, 1.165) is 25.4 Å². The highest BCUT2D eigenvalue weighted by Crippen LogP contribution is 2.34. The van der Waals surface area contributed by atoms with Crippen molar-refractivity contribution in [2.24, 2.45) is 0 Å². The third-order valence-corrected chi connectivity index (χ3v) is 5.60. The summed E-state index contributed by atoms with van der Waals surface area (Å²) in [6.07, 6.45) is 7.39. The SMILES string of the molecule is CCNC1(C#N)CCC(N2CCN3CCCCC3C2)C1. The van der Waals surface area contributed by atoms with Crippen LogP contribution in [0.15, 0.2) is 0 Å². The molecule has 0 bridgehead atoms. The van der Waals surface area contributed by atoms with E-state index in [1.54, 1.807) is 0 Å². The second-order valence-electron chi connectivity index (χ2n) is 6.80. The van der Waals surface area contributed by atoms with Crippen molar-refractivity contribution in [3.05, 3.63) is 0 Å². The Morgan fingerprint density at radius 2 is 2.00 bits per heavy atom. The predicted octanol–water partition coefficient (Wildman–Crippen LogP) is 1.58. The lowest BCUT2D eigenvalue weighted by Gasteiger charge is -2.46. The van der Waals surface area contributed by atoms with Crippen molar-refractivity contribution < 1.29 is 0 Å². The molecule has 3 unspecified atom stereocenters. The smallest absolute Gasteiger partial charge is 0.108 e. The van der Waals surface area contributed by atoms with Crippen LogP contribution in [0, 0.1) is 11.3 Å². The minimum absolute atomic E-state index is 0.247. The van der Waals surface area contributed by atoms with E-state index in [4.69, 9.17) is 0 Å². The molecule has 1 saturated carbocycles. The largest absolute Gasteiger partial charge is 0.300 e. The normalized spacial score (nSPS) is 39.4. The van der Waals surface area contributed by atoms with Crippen LogP contribution >= 0.6 is 0 Å². The van der Waals surface area contributed by atoms with Crippen molar-refractivity contribution >= 4 is 0 Å². The van der Waals surface area contributed by atoms with Gasteiger partial charge in [0.15, 0.2) is 0 Å². The minimum atomic E-state index is -0.247. The Morgan fingerprint density at radius 3 is 2.80 bits per heavy atom. The first-order chi connectivity index (χ1) is 9.76. The molecular formula is C16H28N4. The fourth-order valence-corrected chi connectivity index (χ4v) is 4.48. The molecule has 20 heavy (non-hydrogen) atoms. The van der Waals surface area contributed by atoms with Gasteiger partial charge in [-0.05, 0) is 45.2 Å². The van der Waals surface area contributed by atoms with Crippen LogP contribution in [0.3, 0.4) is 0 Å². The molecule has 3 atom stereocenters. The molecule has 0 aromatic carbocycles. The van der Waals surface area contributed by atoms with Crippen LogP contribution in [-0.2, 0) is 0 Å². The maximum absolute atomic E-state index is 9.51. The lowest BCUT2D eigenvalue weighted by molar-refractivity contribution is 0.0276. The Morgan fingerprint density at radius 1 is 1.15 bits per heavy atom. The van der Waals surface area contributed by atoms with E-state index in [2.05, 4.69) is 28.1 Å². The van der Waals surface area contributed by atoms with Gasteiger partial charge in [-0.15, -0.1) is 0 Å². The van der Waals surface area contributed by atoms with Gasteiger partial charge in [0.05, 0.1) is 6.07 Å². The molecule has 0 amide bonds. The molecular weight excluding hydrogens is 248 g/mol.